The molecular formula is C16H14Cl2N2O3. The topological polar surface area (TPSA) is 62.6 Å². The summed E-state index contributed by atoms with van der Waals surface area (Å²) in [5.74, 6) is -0.0563. The Bertz CT molecular complexity index is 731. The number of hydrogen-bond acceptors (Lipinski definition) is 3. The lowest BCUT2D eigenvalue weighted by Crippen LogP contribution is -2.32. The fraction of sp³-hybridized carbons (Fsp3) is 0.250. The molecule has 1 fully saturated rings. The van der Waals surface area contributed by atoms with Crippen molar-refractivity contribution in [1.29, 1.82) is 0 Å². The van der Waals surface area contributed by atoms with Gasteiger partial charge < -0.3 is 14.6 Å². The number of rotatable bonds is 4. The standard InChI is InChI=1S/C16H14Cl2N2O3/c17-11-3-4-14(13(18)7-11)20-9-10(6-15(20)21)16(22)19-8-12-2-1-5-23-12/h1-5,7,10H,6,8-9H2,(H,19,22). The monoisotopic (exact) mass is 352 g/mol. The van der Waals surface area contributed by atoms with Gasteiger partial charge in [0.25, 0.3) is 0 Å². The molecule has 1 atom stereocenters. The van der Waals surface area contributed by atoms with Gasteiger partial charge in [-0.3, -0.25) is 9.59 Å². The Labute approximate surface area is 143 Å². The van der Waals surface area contributed by atoms with E-state index in [1.165, 1.54) is 4.90 Å². The highest BCUT2D eigenvalue weighted by Crippen LogP contribution is 2.33. The second-order valence-corrected chi connectivity index (χ2v) is 6.14. The number of anilines is 1. The van der Waals surface area contributed by atoms with Gasteiger partial charge >= 0.3 is 0 Å². The van der Waals surface area contributed by atoms with Gasteiger partial charge in [0.15, 0.2) is 0 Å². The Kier molecular flexibility index (Phi) is 4.59. The fourth-order valence-corrected chi connectivity index (χ4v) is 3.06. The van der Waals surface area contributed by atoms with Crippen LogP contribution >= 0.6 is 23.2 Å². The number of carbonyl (C=O) groups excluding carboxylic acids is 2. The first-order valence-corrected chi connectivity index (χ1v) is 7.85. The van der Waals surface area contributed by atoms with E-state index in [1.54, 1.807) is 36.6 Å². The number of nitrogens with zero attached hydrogens (tertiary/aromatic N) is 1. The highest BCUT2D eigenvalue weighted by Gasteiger charge is 2.35. The molecule has 1 aliphatic rings. The van der Waals surface area contributed by atoms with E-state index < -0.39 is 5.92 Å². The van der Waals surface area contributed by atoms with Crippen molar-refractivity contribution in [3.8, 4) is 0 Å². The number of carbonyl (C=O) groups is 2. The maximum Gasteiger partial charge on any atom is 0.227 e. The molecule has 0 aliphatic carbocycles. The highest BCUT2D eigenvalue weighted by atomic mass is 35.5. The SMILES string of the molecule is O=C(NCc1ccco1)C1CC(=O)N(c2ccc(Cl)cc2Cl)C1. The van der Waals surface area contributed by atoms with E-state index in [-0.39, 0.29) is 18.2 Å². The van der Waals surface area contributed by atoms with Crippen molar-refractivity contribution in [2.75, 3.05) is 11.4 Å². The molecule has 3 rings (SSSR count). The third-order valence-electron chi connectivity index (χ3n) is 3.71. The lowest BCUT2D eigenvalue weighted by molar-refractivity contribution is -0.126. The first kappa shape index (κ1) is 15.9. The Morgan fingerprint density at radius 3 is 2.87 bits per heavy atom. The van der Waals surface area contributed by atoms with Crippen LogP contribution in [0.15, 0.2) is 41.0 Å². The first-order valence-electron chi connectivity index (χ1n) is 7.10. The van der Waals surface area contributed by atoms with Gasteiger partial charge in [-0.05, 0) is 30.3 Å². The third-order valence-corrected chi connectivity index (χ3v) is 4.25. The van der Waals surface area contributed by atoms with Crippen LogP contribution in [0.1, 0.15) is 12.2 Å². The van der Waals surface area contributed by atoms with Crippen LogP contribution in [0, 0.1) is 5.92 Å². The Morgan fingerprint density at radius 2 is 2.17 bits per heavy atom. The van der Waals surface area contributed by atoms with Crippen molar-refractivity contribution in [2.24, 2.45) is 5.92 Å². The average Bonchev–Trinajstić information content (AvgIpc) is 3.15. The number of furan rings is 1. The van der Waals surface area contributed by atoms with E-state index in [0.29, 0.717) is 34.6 Å². The van der Waals surface area contributed by atoms with E-state index >= 15 is 0 Å². The molecule has 2 heterocycles. The summed E-state index contributed by atoms with van der Waals surface area (Å²) >= 11 is 12.0. The zero-order valence-electron chi connectivity index (χ0n) is 12.1. The lowest BCUT2D eigenvalue weighted by Gasteiger charge is -2.18. The van der Waals surface area contributed by atoms with E-state index in [1.807, 2.05) is 0 Å². The predicted molar refractivity (Wildman–Crippen MR) is 87.5 cm³/mol. The molecule has 1 aromatic heterocycles. The third kappa shape index (κ3) is 3.51. The minimum absolute atomic E-state index is 0.132. The van der Waals surface area contributed by atoms with Gasteiger partial charge in [0.05, 0.1) is 29.4 Å². The Morgan fingerprint density at radius 1 is 1.35 bits per heavy atom. The molecule has 1 N–H and O–H groups in total. The summed E-state index contributed by atoms with van der Waals surface area (Å²) in [5, 5.41) is 3.67. The van der Waals surface area contributed by atoms with Crippen LogP contribution < -0.4 is 10.2 Å². The number of amides is 2. The molecule has 2 aromatic rings. The molecule has 1 saturated heterocycles. The molecule has 1 aromatic carbocycles. The highest BCUT2D eigenvalue weighted by molar-refractivity contribution is 6.36. The Balaban J connectivity index is 1.65. The number of benzene rings is 1. The molecule has 23 heavy (non-hydrogen) atoms. The predicted octanol–water partition coefficient (Wildman–Crippen LogP) is 3.26. The van der Waals surface area contributed by atoms with Crippen LogP contribution in [0.2, 0.25) is 10.0 Å². The van der Waals surface area contributed by atoms with Gasteiger partial charge in [-0.25, -0.2) is 0 Å². The lowest BCUT2D eigenvalue weighted by atomic mass is 10.1. The van der Waals surface area contributed by atoms with E-state index in [0.717, 1.165) is 0 Å². The average molecular weight is 353 g/mol. The zero-order valence-corrected chi connectivity index (χ0v) is 13.6. The van der Waals surface area contributed by atoms with Gasteiger partial charge in [0.2, 0.25) is 11.8 Å². The van der Waals surface area contributed by atoms with Crippen molar-refractivity contribution in [3.63, 3.8) is 0 Å². The molecule has 0 saturated carbocycles. The number of nitrogens with one attached hydrogen (secondary N) is 1. The summed E-state index contributed by atoms with van der Waals surface area (Å²) in [6.07, 6.45) is 1.70. The van der Waals surface area contributed by atoms with Crippen LogP contribution in [0.5, 0.6) is 0 Å². The molecular weight excluding hydrogens is 339 g/mol. The van der Waals surface area contributed by atoms with E-state index in [2.05, 4.69) is 5.32 Å². The van der Waals surface area contributed by atoms with Gasteiger partial charge in [-0.2, -0.15) is 0 Å². The molecule has 5 nitrogen and oxygen atoms in total. The second kappa shape index (κ2) is 6.64. The molecule has 0 bridgehead atoms. The summed E-state index contributed by atoms with van der Waals surface area (Å²) in [5.41, 5.74) is 0.572. The molecule has 2 amide bonds. The normalized spacial score (nSPS) is 17.6. The summed E-state index contributed by atoms with van der Waals surface area (Å²) in [4.78, 5) is 25.9. The zero-order chi connectivity index (χ0) is 16.4. The van der Waals surface area contributed by atoms with Crippen LogP contribution in [-0.4, -0.2) is 18.4 Å². The van der Waals surface area contributed by atoms with Crippen molar-refractivity contribution in [1.82, 2.24) is 5.32 Å². The van der Waals surface area contributed by atoms with Crippen molar-refractivity contribution < 1.29 is 14.0 Å². The fourth-order valence-electron chi connectivity index (χ4n) is 2.55. The minimum Gasteiger partial charge on any atom is -0.467 e. The molecule has 0 spiro atoms. The minimum atomic E-state index is -0.413. The van der Waals surface area contributed by atoms with Crippen molar-refractivity contribution in [3.05, 3.63) is 52.4 Å². The smallest absolute Gasteiger partial charge is 0.227 e. The van der Waals surface area contributed by atoms with Gasteiger partial charge in [0, 0.05) is 18.0 Å². The number of hydrogen-bond donors (Lipinski definition) is 1. The van der Waals surface area contributed by atoms with Gasteiger partial charge in [-0.1, -0.05) is 23.2 Å². The van der Waals surface area contributed by atoms with Gasteiger partial charge in [0.1, 0.15) is 5.76 Å². The van der Waals surface area contributed by atoms with E-state index in [9.17, 15) is 9.59 Å². The molecule has 7 heteroatoms. The second-order valence-electron chi connectivity index (χ2n) is 5.30. The summed E-state index contributed by atoms with van der Waals surface area (Å²) in [6, 6.07) is 8.47. The van der Waals surface area contributed by atoms with Crippen LogP contribution in [0.4, 0.5) is 5.69 Å². The maximum absolute atomic E-state index is 12.2. The summed E-state index contributed by atoms with van der Waals surface area (Å²) < 4.78 is 5.16. The van der Waals surface area contributed by atoms with Crippen molar-refractivity contribution in [2.45, 2.75) is 13.0 Å². The Hall–Kier alpha value is -1.98. The van der Waals surface area contributed by atoms with Gasteiger partial charge in [-0.15, -0.1) is 0 Å². The number of halogens is 2. The summed E-state index contributed by atoms with van der Waals surface area (Å²) in [6.45, 7) is 0.600. The molecule has 0 radical (unpaired) electrons. The molecule has 1 unspecified atom stereocenters. The molecule has 1 aliphatic heterocycles. The van der Waals surface area contributed by atoms with Crippen LogP contribution in [0.25, 0.3) is 0 Å². The quantitative estimate of drug-likeness (QED) is 0.918. The van der Waals surface area contributed by atoms with Crippen molar-refractivity contribution >= 4 is 40.7 Å². The van der Waals surface area contributed by atoms with Crippen LogP contribution in [-0.2, 0) is 16.1 Å². The van der Waals surface area contributed by atoms with E-state index in [4.69, 9.17) is 27.6 Å². The first-order chi connectivity index (χ1) is 11.0. The largest absolute Gasteiger partial charge is 0.467 e. The maximum atomic E-state index is 12.2. The molecule has 120 valence electrons. The summed E-state index contributed by atoms with van der Waals surface area (Å²) in [7, 11) is 0. The van der Waals surface area contributed by atoms with Crippen LogP contribution in [0.3, 0.4) is 0 Å².